The van der Waals surface area contributed by atoms with E-state index in [1.54, 1.807) is 6.07 Å². The van der Waals surface area contributed by atoms with Crippen molar-refractivity contribution in [2.75, 3.05) is 13.7 Å². The van der Waals surface area contributed by atoms with Gasteiger partial charge in [-0.2, -0.15) is 0 Å². The molecule has 3 aliphatic heterocycles. The zero-order valence-electron chi connectivity index (χ0n) is 23.5. The highest BCUT2D eigenvalue weighted by Crippen LogP contribution is 2.43. The summed E-state index contributed by atoms with van der Waals surface area (Å²) in [5, 5.41) is 82.2. The number of carbonyl (C=O) groups excluding carboxylic acids is 1. The Bertz CT molecular complexity index is 1330. The first kappa shape index (κ1) is 33.9. The Labute approximate surface area is 257 Å². The lowest BCUT2D eigenvalue weighted by molar-refractivity contribution is -0.318. The molecule has 2 aromatic rings. The van der Waals surface area contributed by atoms with Gasteiger partial charge in [0.05, 0.1) is 26.2 Å². The van der Waals surface area contributed by atoms with E-state index in [-0.39, 0.29) is 47.4 Å². The van der Waals surface area contributed by atoms with E-state index in [0.717, 1.165) is 6.07 Å². The Morgan fingerprint density at radius 1 is 0.841 bits per heavy atom. The van der Waals surface area contributed by atoms with Crippen LogP contribution in [0.1, 0.15) is 35.4 Å². The number of aromatic hydroxyl groups is 2. The third-order valence-electron chi connectivity index (χ3n) is 7.70. The van der Waals surface area contributed by atoms with E-state index in [1.165, 1.54) is 32.2 Å². The minimum absolute atomic E-state index is 0. The molecular formula is C28H35ClO15. The molecular weight excluding hydrogens is 612 g/mol. The number of rotatable bonds is 7. The van der Waals surface area contributed by atoms with Crippen LogP contribution < -0.4 is 14.2 Å². The molecule has 2 fully saturated rings. The van der Waals surface area contributed by atoms with E-state index in [4.69, 9.17) is 28.4 Å². The van der Waals surface area contributed by atoms with Crippen LogP contribution >= 0.6 is 12.4 Å². The lowest BCUT2D eigenvalue weighted by Gasteiger charge is -2.42. The van der Waals surface area contributed by atoms with E-state index >= 15 is 0 Å². The molecule has 0 bridgehead atoms. The molecule has 2 saturated heterocycles. The van der Waals surface area contributed by atoms with Crippen LogP contribution in [0.25, 0.3) is 0 Å². The van der Waals surface area contributed by atoms with Crippen LogP contribution in [-0.2, 0) is 14.2 Å². The van der Waals surface area contributed by atoms with Crippen molar-refractivity contribution >= 4 is 18.2 Å². The monoisotopic (exact) mass is 646 g/mol. The number of hydrogen-bond acceptors (Lipinski definition) is 15. The number of fused-ring (bicyclic) bond motifs is 1. The van der Waals surface area contributed by atoms with Gasteiger partial charge in [0.2, 0.25) is 6.29 Å². The van der Waals surface area contributed by atoms with Crippen molar-refractivity contribution in [2.24, 2.45) is 0 Å². The summed E-state index contributed by atoms with van der Waals surface area (Å²) >= 11 is 0. The zero-order valence-corrected chi connectivity index (χ0v) is 24.3. The Morgan fingerprint density at radius 2 is 1.52 bits per heavy atom. The molecule has 16 heteroatoms. The minimum Gasteiger partial charge on any atom is -0.507 e. The van der Waals surface area contributed by atoms with Gasteiger partial charge in [-0.3, -0.25) is 4.79 Å². The van der Waals surface area contributed by atoms with Gasteiger partial charge in [-0.1, -0.05) is 6.07 Å². The number of aliphatic hydroxyl groups is 6. The third kappa shape index (κ3) is 6.53. The number of Topliss-reactive ketones (excluding diaryl/α,β-unsaturated/α-hetero) is 1. The molecule has 0 aliphatic carbocycles. The summed E-state index contributed by atoms with van der Waals surface area (Å²) in [6.07, 6.45) is -15.9. The van der Waals surface area contributed by atoms with Crippen LogP contribution in [0.3, 0.4) is 0 Å². The number of ketones is 1. The number of benzene rings is 2. The molecule has 11 unspecified atom stereocenters. The molecule has 5 rings (SSSR count). The van der Waals surface area contributed by atoms with Gasteiger partial charge >= 0.3 is 0 Å². The standard InChI is InChI=1S/C28H34O15.ClH/c1-10-21(32)23(34)25(36)27(40-10)39-9-19-22(33)24(35)26(37)28(43-19)41-12-6-14(30)20-15(31)8-17(42-18(20)7-12)11-3-4-16(38-2)13(29)5-11;/h3-7,10,17,19,21-30,32-37H,8-9H2,1-2H3;1H. The molecule has 15 nitrogen and oxygen atoms in total. The second kappa shape index (κ2) is 13.6. The molecule has 0 saturated carbocycles. The van der Waals surface area contributed by atoms with Gasteiger partial charge in [-0.25, -0.2) is 0 Å². The summed E-state index contributed by atoms with van der Waals surface area (Å²) < 4.78 is 33.1. The molecule has 244 valence electrons. The maximum Gasteiger partial charge on any atom is 0.229 e. The third-order valence-corrected chi connectivity index (χ3v) is 7.70. The number of hydrogen-bond donors (Lipinski definition) is 8. The van der Waals surface area contributed by atoms with Gasteiger partial charge in [0.25, 0.3) is 0 Å². The molecule has 3 heterocycles. The first-order valence-corrected chi connectivity index (χ1v) is 13.5. The maximum atomic E-state index is 12.9. The van der Waals surface area contributed by atoms with Crippen LogP contribution in [0.5, 0.6) is 28.7 Å². The highest BCUT2D eigenvalue weighted by molar-refractivity contribution is 6.02. The average molecular weight is 647 g/mol. The fourth-order valence-electron chi connectivity index (χ4n) is 5.20. The smallest absolute Gasteiger partial charge is 0.229 e. The molecule has 3 aliphatic rings. The summed E-state index contributed by atoms with van der Waals surface area (Å²) in [4.78, 5) is 12.9. The minimum atomic E-state index is -1.77. The summed E-state index contributed by atoms with van der Waals surface area (Å²) in [6, 6.07) is 6.90. The first-order valence-electron chi connectivity index (χ1n) is 13.5. The van der Waals surface area contributed by atoms with Crippen molar-refractivity contribution in [1.82, 2.24) is 0 Å². The highest BCUT2D eigenvalue weighted by atomic mass is 35.5. The van der Waals surface area contributed by atoms with Crippen molar-refractivity contribution in [3.8, 4) is 28.7 Å². The number of phenolic OH excluding ortho intramolecular Hbond substituents is 2. The van der Waals surface area contributed by atoms with Crippen molar-refractivity contribution in [1.29, 1.82) is 0 Å². The molecule has 8 N–H and O–H groups in total. The summed E-state index contributed by atoms with van der Waals surface area (Å²) in [7, 11) is 1.39. The Balaban J connectivity index is 0.00000442. The second-order valence-corrected chi connectivity index (χ2v) is 10.6. The van der Waals surface area contributed by atoms with Crippen molar-refractivity contribution < 1.29 is 74.1 Å². The van der Waals surface area contributed by atoms with Gasteiger partial charge in [-0.05, 0) is 24.6 Å². The highest BCUT2D eigenvalue weighted by Gasteiger charge is 2.47. The Kier molecular flexibility index (Phi) is 10.5. The molecule has 44 heavy (non-hydrogen) atoms. The van der Waals surface area contributed by atoms with Gasteiger partial charge in [0.1, 0.15) is 71.6 Å². The molecule has 0 spiro atoms. The first-order chi connectivity index (χ1) is 20.4. The Morgan fingerprint density at radius 3 is 2.20 bits per heavy atom. The normalized spacial score (nSPS) is 35.2. The molecule has 0 radical (unpaired) electrons. The molecule has 0 amide bonds. The Hall–Kier alpha value is -2.96. The second-order valence-electron chi connectivity index (χ2n) is 10.6. The number of carbonyl (C=O) groups is 1. The summed E-state index contributed by atoms with van der Waals surface area (Å²) in [6.45, 7) is 0.964. The molecule has 0 aromatic heterocycles. The predicted octanol–water partition coefficient (Wildman–Crippen LogP) is -0.735. The number of ether oxygens (including phenoxy) is 6. The predicted molar refractivity (Wildman–Crippen MR) is 148 cm³/mol. The SMILES string of the molecule is COc1ccc(C2CC(=O)c3c(O)cc(OC4OC(COC5OC(C)C(O)C(O)C5O)C(O)C(O)C4O)cc3O2)cc1O.Cl. The van der Waals surface area contributed by atoms with Crippen LogP contribution in [0.15, 0.2) is 30.3 Å². The van der Waals surface area contributed by atoms with Crippen LogP contribution in [0.2, 0.25) is 0 Å². The van der Waals surface area contributed by atoms with Crippen LogP contribution in [0.4, 0.5) is 0 Å². The molecule has 11 atom stereocenters. The summed E-state index contributed by atoms with van der Waals surface area (Å²) in [5.41, 5.74) is 0.373. The van der Waals surface area contributed by atoms with E-state index in [0.29, 0.717) is 5.56 Å². The lowest BCUT2D eigenvalue weighted by atomic mass is 9.95. The van der Waals surface area contributed by atoms with Gasteiger partial charge in [0, 0.05) is 12.1 Å². The van der Waals surface area contributed by atoms with Crippen LogP contribution in [0, 0.1) is 0 Å². The largest absolute Gasteiger partial charge is 0.507 e. The zero-order chi connectivity index (χ0) is 31.2. The van der Waals surface area contributed by atoms with Crippen molar-refractivity contribution in [2.45, 2.75) is 80.9 Å². The average Bonchev–Trinajstić information content (AvgIpc) is 2.97. The van der Waals surface area contributed by atoms with Crippen molar-refractivity contribution in [3.05, 3.63) is 41.5 Å². The van der Waals surface area contributed by atoms with E-state index in [1.807, 2.05) is 0 Å². The van der Waals surface area contributed by atoms with Gasteiger partial charge in [0.15, 0.2) is 23.6 Å². The quantitative estimate of drug-likeness (QED) is 0.185. The number of methoxy groups -OCH3 is 1. The molecule has 2 aromatic carbocycles. The number of halogens is 1. The fourth-order valence-corrected chi connectivity index (χ4v) is 5.20. The van der Waals surface area contributed by atoms with E-state index in [2.05, 4.69) is 0 Å². The van der Waals surface area contributed by atoms with E-state index < -0.39 is 85.7 Å². The topological polar surface area (TPSA) is 234 Å². The van der Waals surface area contributed by atoms with E-state index in [9.17, 15) is 45.6 Å². The maximum absolute atomic E-state index is 12.9. The number of phenols is 2. The number of aliphatic hydroxyl groups excluding tert-OH is 6. The van der Waals surface area contributed by atoms with Gasteiger partial charge < -0.3 is 69.3 Å². The lowest BCUT2D eigenvalue weighted by Crippen LogP contribution is -2.61. The van der Waals surface area contributed by atoms with Crippen molar-refractivity contribution in [3.63, 3.8) is 0 Å². The summed E-state index contributed by atoms with van der Waals surface area (Å²) in [5.74, 6) is -0.999. The van der Waals surface area contributed by atoms with Gasteiger partial charge in [-0.15, -0.1) is 12.4 Å². The fraction of sp³-hybridized carbons (Fsp3) is 0.536. The van der Waals surface area contributed by atoms with Crippen LogP contribution in [-0.4, -0.2) is 122 Å².